The van der Waals surface area contributed by atoms with E-state index in [4.69, 9.17) is 4.74 Å². The molecule has 5 rings (SSSR count). The number of ether oxygens (including phenoxy) is 1. The Hall–Kier alpha value is -1.55. The number of nitrogens with zero attached hydrogens (tertiary/aromatic N) is 2. The summed E-state index contributed by atoms with van der Waals surface area (Å²) in [7, 11) is 0. The molecule has 0 aromatic heterocycles. The van der Waals surface area contributed by atoms with Gasteiger partial charge in [-0.25, -0.2) is 4.79 Å². The van der Waals surface area contributed by atoms with Gasteiger partial charge in [-0.3, -0.25) is 4.90 Å². The molecular formula is C22H33N2O2+. The van der Waals surface area contributed by atoms with Crippen LogP contribution in [0.25, 0.3) is 0 Å². The monoisotopic (exact) mass is 357 g/mol. The Morgan fingerprint density at radius 1 is 1.15 bits per heavy atom. The van der Waals surface area contributed by atoms with Crippen LogP contribution in [0, 0.1) is 11.8 Å². The van der Waals surface area contributed by atoms with Crippen LogP contribution in [-0.4, -0.2) is 49.4 Å². The number of quaternary nitrogens is 1. The Bertz CT molecular complexity index is 606. The first-order valence-corrected chi connectivity index (χ1v) is 10.6. The number of hydrogen-bond acceptors (Lipinski definition) is 2. The Balaban J connectivity index is 1.43. The topological polar surface area (TPSA) is 29.5 Å². The second-order valence-electron chi connectivity index (χ2n) is 8.70. The van der Waals surface area contributed by atoms with Gasteiger partial charge in [-0.2, -0.15) is 0 Å². The zero-order chi connectivity index (χ0) is 18.0. The van der Waals surface area contributed by atoms with Crippen LogP contribution in [0.15, 0.2) is 30.3 Å². The first-order valence-electron chi connectivity index (χ1n) is 10.6. The minimum atomic E-state index is -0.145. The van der Waals surface area contributed by atoms with E-state index in [1.807, 2.05) is 35.2 Å². The van der Waals surface area contributed by atoms with Gasteiger partial charge >= 0.3 is 6.09 Å². The molecule has 142 valence electrons. The molecular weight excluding hydrogens is 324 g/mol. The van der Waals surface area contributed by atoms with E-state index in [-0.39, 0.29) is 12.2 Å². The summed E-state index contributed by atoms with van der Waals surface area (Å²) in [4.78, 5) is 14.9. The highest BCUT2D eigenvalue weighted by molar-refractivity contribution is 5.87. The molecule has 0 spiro atoms. The summed E-state index contributed by atoms with van der Waals surface area (Å²) in [5, 5.41) is 0. The largest absolute Gasteiger partial charge is 0.440 e. The number of piperidine rings is 3. The zero-order valence-electron chi connectivity index (χ0n) is 16.1. The van der Waals surface area contributed by atoms with E-state index >= 15 is 0 Å². The summed E-state index contributed by atoms with van der Waals surface area (Å²) in [5.74, 6) is 1.51. The molecule has 26 heavy (non-hydrogen) atoms. The molecule has 4 fully saturated rings. The minimum Gasteiger partial charge on any atom is -0.440 e. The summed E-state index contributed by atoms with van der Waals surface area (Å²) >= 11 is 0. The van der Waals surface area contributed by atoms with Gasteiger partial charge in [0.15, 0.2) is 6.10 Å². The number of benzene rings is 1. The molecule has 1 amide bonds. The van der Waals surface area contributed by atoms with Crippen molar-refractivity contribution >= 4 is 11.8 Å². The van der Waals surface area contributed by atoms with Crippen molar-refractivity contribution in [2.24, 2.45) is 11.8 Å². The maximum atomic E-state index is 13.0. The van der Waals surface area contributed by atoms with Crippen LogP contribution >= 0.6 is 0 Å². The molecule has 4 heteroatoms. The summed E-state index contributed by atoms with van der Waals surface area (Å²) in [6.07, 6.45) is 7.31. The molecule has 1 atom stereocenters. The first kappa shape index (κ1) is 17.8. The lowest BCUT2D eigenvalue weighted by Gasteiger charge is -2.52. The molecule has 1 saturated carbocycles. The van der Waals surface area contributed by atoms with Gasteiger partial charge in [0.2, 0.25) is 0 Å². The molecule has 3 heterocycles. The van der Waals surface area contributed by atoms with Gasteiger partial charge in [-0.15, -0.1) is 0 Å². The lowest BCUT2D eigenvalue weighted by atomic mass is 9.83. The van der Waals surface area contributed by atoms with Crippen LogP contribution in [0.3, 0.4) is 0 Å². The quantitative estimate of drug-likeness (QED) is 0.675. The molecule has 4 nitrogen and oxygen atoms in total. The Labute approximate surface area is 157 Å². The van der Waals surface area contributed by atoms with Gasteiger partial charge in [-0.05, 0) is 31.4 Å². The van der Waals surface area contributed by atoms with E-state index in [1.54, 1.807) is 0 Å². The average Bonchev–Trinajstić information content (AvgIpc) is 3.47. The second-order valence-corrected chi connectivity index (χ2v) is 8.70. The lowest BCUT2D eigenvalue weighted by molar-refractivity contribution is -0.947. The fourth-order valence-electron chi connectivity index (χ4n) is 4.90. The smallest absolute Gasteiger partial charge is 0.414 e. The van der Waals surface area contributed by atoms with Crippen LogP contribution in [0.4, 0.5) is 10.5 Å². The second kappa shape index (κ2) is 7.59. The van der Waals surface area contributed by atoms with Crippen molar-refractivity contribution in [3.63, 3.8) is 0 Å². The number of rotatable bonds is 7. The van der Waals surface area contributed by atoms with E-state index in [0.717, 1.165) is 37.5 Å². The standard InChI is InChI=1S/C22H33N2O2/c1-2-3-13-23(20-7-5-4-6-8-20)22(25)26-21-17-24(16-18-9-10-18)14-11-19(21)12-15-24/h4-8,18-19,21H,2-3,9-17H2,1H3/q+1/t19?,21-,24?/m0/s1. The third kappa shape index (κ3) is 3.90. The number of carbonyl (C=O) groups is 1. The SMILES string of the molecule is CCCCN(C(=O)O[C@H]1C[N+]2(CC3CC3)CCC1CC2)c1ccccc1. The maximum Gasteiger partial charge on any atom is 0.414 e. The fourth-order valence-corrected chi connectivity index (χ4v) is 4.90. The van der Waals surface area contributed by atoms with Crippen LogP contribution in [0.5, 0.6) is 0 Å². The van der Waals surface area contributed by atoms with Gasteiger partial charge in [0, 0.05) is 36.9 Å². The zero-order valence-corrected chi connectivity index (χ0v) is 16.1. The van der Waals surface area contributed by atoms with Crippen molar-refractivity contribution in [1.29, 1.82) is 0 Å². The van der Waals surface area contributed by atoms with Gasteiger partial charge in [0.25, 0.3) is 0 Å². The third-order valence-corrected chi connectivity index (χ3v) is 6.66. The van der Waals surface area contributed by atoms with Gasteiger partial charge in [0.1, 0.15) is 6.54 Å². The molecule has 1 aliphatic carbocycles. The summed E-state index contributed by atoms with van der Waals surface area (Å²) < 4.78 is 7.35. The van der Waals surface area contributed by atoms with Gasteiger partial charge in [0.05, 0.1) is 19.6 Å². The molecule has 1 aromatic rings. The van der Waals surface area contributed by atoms with E-state index in [1.165, 1.54) is 49.8 Å². The minimum absolute atomic E-state index is 0.108. The van der Waals surface area contributed by atoms with Gasteiger partial charge in [-0.1, -0.05) is 31.5 Å². The van der Waals surface area contributed by atoms with Crippen molar-refractivity contribution < 1.29 is 14.0 Å². The van der Waals surface area contributed by atoms with E-state index < -0.39 is 0 Å². The Morgan fingerprint density at radius 2 is 1.88 bits per heavy atom. The highest BCUT2D eigenvalue weighted by Gasteiger charge is 2.49. The maximum absolute atomic E-state index is 13.0. The predicted octanol–water partition coefficient (Wildman–Crippen LogP) is 4.45. The van der Waals surface area contributed by atoms with Gasteiger partial charge < -0.3 is 9.22 Å². The third-order valence-electron chi connectivity index (χ3n) is 6.66. The normalized spacial score (nSPS) is 30.2. The highest BCUT2D eigenvalue weighted by Crippen LogP contribution is 2.40. The Kier molecular flexibility index (Phi) is 5.21. The predicted molar refractivity (Wildman–Crippen MR) is 104 cm³/mol. The summed E-state index contributed by atoms with van der Waals surface area (Å²) in [6, 6.07) is 9.99. The number of carbonyl (C=O) groups excluding carboxylic acids is 1. The number of anilines is 1. The number of unbranched alkanes of at least 4 members (excludes halogenated alkanes) is 1. The van der Waals surface area contributed by atoms with Crippen LogP contribution < -0.4 is 4.90 Å². The molecule has 3 saturated heterocycles. The number of hydrogen-bond donors (Lipinski definition) is 0. The fraction of sp³-hybridized carbons (Fsp3) is 0.682. The molecule has 4 aliphatic rings. The molecule has 0 unspecified atom stereocenters. The van der Waals surface area contributed by atoms with Crippen LogP contribution in [0.2, 0.25) is 0 Å². The summed E-state index contributed by atoms with van der Waals surface area (Å²) in [5.41, 5.74) is 0.953. The van der Waals surface area contributed by atoms with Crippen LogP contribution in [-0.2, 0) is 4.74 Å². The lowest BCUT2D eigenvalue weighted by Crippen LogP contribution is -2.65. The number of amides is 1. The average molecular weight is 358 g/mol. The van der Waals surface area contributed by atoms with E-state index in [0.29, 0.717) is 5.92 Å². The Morgan fingerprint density at radius 3 is 2.54 bits per heavy atom. The molecule has 0 radical (unpaired) electrons. The molecule has 2 bridgehead atoms. The van der Waals surface area contributed by atoms with Crippen molar-refractivity contribution in [1.82, 2.24) is 0 Å². The van der Waals surface area contributed by atoms with Crippen molar-refractivity contribution in [2.45, 2.75) is 51.6 Å². The first-order chi connectivity index (χ1) is 12.7. The molecule has 1 aromatic carbocycles. The van der Waals surface area contributed by atoms with Crippen LogP contribution in [0.1, 0.15) is 45.4 Å². The van der Waals surface area contributed by atoms with Crippen molar-refractivity contribution in [3.05, 3.63) is 30.3 Å². The molecule has 0 N–H and O–H groups in total. The summed E-state index contributed by atoms with van der Waals surface area (Å²) in [6.45, 7) is 7.86. The highest BCUT2D eigenvalue weighted by atomic mass is 16.6. The number of para-hydroxylation sites is 1. The number of fused-ring (bicyclic) bond motifs is 3. The molecule has 3 aliphatic heterocycles. The van der Waals surface area contributed by atoms with E-state index in [9.17, 15) is 4.79 Å². The van der Waals surface area contributed by atoms with E-state index in [2.05, 4.69) is 6.92 Å². The van der Waals surface area contributed by atoms with Crippen molar-refractivity contribution in [3.8, 4) is 0 Å². The van der Waals surface area contributed by atoms with Crippen molar-refractivity contribution in [2.75, 3.05) is 37.6 Å².